The highest BCUT2D eigenvalue weighted by Crippen LogP contribution is 2.38. The van der Waals surface area contributed by atoms with E-state index < -0.39 is 96.3 Å². The van der Waals surface area contributed by atoms with Crippen LogP contribution in [0.5, 0.6) is 0 Å². The summed E-state index contributed by atoms with van der Waals surface area (Å²) in [6.45, 7) is 13.6. The molecule has 1 saturated heterocycles. The molecule has 0 spiro atoms. The number of carbonyl (C=O) groups excluding carboxylic acids is 7. The summed E-state index contributed by atoms with van der Waals surface area (Å²) in [5.74, 6) is -5.31. The number of aliphatic hydroxyl groups is 1. The first kappa shape index (κ1) is 49.9. The van der Waals surface area contributed by atoms with Crippen molar-refractivity contribution in [2.75, 3.05) is 13.1 Å². The minimum atomic E-state index is -2.24. The average molecular weight is 894 g/mol. The molecule has 6 N–H and O–H groups in total. The fraction of sp³-hybridized carbons (Fsp3) is 0.500. The number of hydrogen-bond donors (Lipinski definition) is 6. The second-order valence-corrected chi connectivity index (χ2v) is 19.0. The van der Waals surface area contributed by atoms with Crippen LogP contribution in [0.25, 0.3) is 0 Å². The van der Waals surface area contributed by atoms with Gasteiger partial charge in [0.1, 0.15) is 36.8 Å². The Bertz CT molecular complexity index is 2160. The Morgan fingerprint density at radius 3 is 1.63 bits per heavy atom. The van der Waals surface area contributed by atoms with Gasteiger partial charge in [-0.25, -0.2) is 0 Å². The van der Waals surface area contributed by atoms with E-state index in [0.29, 0.717) is 5.56 Å². The molecule has 6 atom stereocenters. The summed E-state index contributed by atoms with van der Waals surface area (Å²) in [7, 11) is 0. The molecule has 1 unspecified atom stereocenters. The molecule has 2 heterocycles. The molecule has 350 valence electrons. The van der Waals surface area contributed by atoms with Gasteiger partial charge in [0, 0.05) is 24.1 Å². The van der Waals surface area contributed by atoms with Crippen molar-refractivity contribution < 1.29 is 38.7 Å². The molecule has 0 aromatic heterocycles. The van der Waals surface area contributed by atoms with Gasteiger partial charge in [-0.3, -0.25) is 38.5 Å². The molecule has 5 rings (SSSR count). The van der Waals surface area contributed by atoms with E-state index in [4.69, 9.17) is 0 Å². The van der Waals surface area contributed by atoms with Gasteiger partial charge in [-0.2, -0.15) is 0 Å². The van der Waals surface area contributed by atoms with Crippen LogP contribution in [0.1, 0.15) is 102 Å². The van der Waals surface area contributed by atoms with Gasteiger partial charge in [0.2, 0.25) is 35.4 Å². The van der Waals surface area contributed by atoms with Crippen LogP contribution in [0.2, 0.25) is 0 Å². The summed E-state index contributed by atoms with van der Waals surface area (Å²) < 4.78 is 0. The molecular weight excluding hydrogens is 827 g/mol. The first-order chi connectivity index (χ1) is 30.8. The SMILES string of the molecule is CC(C)C[C@@H]1NC(=O)CN2C(=O)c3ccccc3C2(O)CN(Cc2ccccc2)C(=O)[C@H](CC(C)C)NC(=O)[C@H](Cc2ccccc2)NC(=O)[C@H](CC(C)C)NC(=O)[C@H](C(C)C)NC1=O. The fourth-order valence-corrected chi connectivity index (χ4v) is 8.49. The lowest BCUT2D eigenvalue weighted by molar-refractivity contribution is -0.151. The van der Waals surface area contributed by atoms with Crippen LogP contribution in [0.4, 0.5) is 0 Å². The standard InChI is InChI=1S/C50H67N7O8/c1-30(2)23-38-46(61)55-43(33(7)8)47(62)53-39(24-31(3)4)44(59)52-40(26-34-17-11-9-12-18-34)45(60)54-41(25-32(5)6)49(64)56(27-35-19-13-10-14-20-35)29-50(65)37-22-16-15-21-36(37)48(63)57(50)28-42(58)51-38/h9-22,30-33,38-41,43,65H,23-29H2,1-8H3,(H,51,58)(H,52,59)(H,53,62)(H,54,60)(H,55,61)/t38-,39-,40-,41-,43-,50?/m0/s1. The summed E-state index contributed by atoms with van der Waals surface area (Å²) in [4.78, 5) is 103. The summed E-state index contributed by atoms with van der Waals surface area (Å²) in [6.07, 6.45) is 0.587. The number of amides is 7. The van der Waals surface area contributed by atoms with Gasteiger partial charge in [-0.05, 0) is 60.1 Å². The predicted octanol–water partition coefficient (Wildman–Crippen LogP) is 3.79. The molecule has 15 heteroatoms. The van der Waals surface area contributed by atoms with Gasteiger partial charge < -0.3 is 36.6 Å². The molecule has 15 nitrogen and oxygen atoms in total. The third kappa shape index (κ3) is 13.0. The Kier molecular flexibility index (Phi) is 17.1. The Labute approximate surface area is 382 Å². The van der Waals surface area contributed by atoms with Crippen LogP contribution >= 0.6 is 0 Å². The molecule has 7 amide bonds. The lowest BCUT2D eigenvalue weighted by Gasteiger charge is -2.39. The van der Waals surface area contributed by atoms with Gasteiger partial charge in [-0.1, -0.05) is 134 Å². The molecular formula is C50H67N7O8. The second-order valence-electron chi connectivity index (χ2n) is 19.0. The quantitative estimate of drug-likeness (QED) is 0.167. The number of benzene rings is 3. The van der Waals surface area contributed by atoms with E-state index >= 15 is 4.79 Å². The maximum absolute atomic E-state index is 15.2. The van der Waals surface area contributed by atoms with Crippen molar-refractivity contribution in [1.29, 1.82) is 0 Å². The van der Waals surface area contributed by atoms with Gasteiger partial charge in [-0.15, -0.1) is 0 Å². The molecule has 3 aromatic rings. The van der Waals surface area contributed by atoms with Crippen LogP contribution in [-0.2, 0) is 47.5 Å². The Morgan fingerprint density at radius 2 is 1.05 bits per heavy atom. The molecule has 0 saturated carbocycles. The van der Waals surface area contributed by atoms with Gasteiger partial charge in [0.15, 0.2) is 5.72 Å². The van der Waals surface area contributed by atoms with Crippen molar-refractivity contribution in [2.45, 2.75) is 124 Å². The van der Waals surface area contributed by atoms with Gasteiger partial charge in [0.25, 0.3) is 5.91 Å². The molecule has 2 aliphatic heterocycles. The topological polar surface area (TPSA) is 206 Å². The maximum atomic E-state index is 15.2. The lowest BCUT2D eigenvalue weighted by Crippen LogP contribution is -2.60. The summed E-state index contributed by atoms with van der Waals surface area (Å²) in [5, 5.41) is 27.2. The lowest BCUT2D eigenvalue weighted by atomic mass is 9.97. The zero-order chi connectivity index (χ0) is 47.6. The minimum absolute atomic E-state index is 0.0444. The fourth-order valence-electron chi connectivity index (χ4n) is 8.49. The molecule has 3 aromatic carbocycles. The van der Waals surface area contributed by atoms with Crippen molar-refractivity contribution >= 4 is 41.4 Å². The molecule has 2 aliphatic rings. The molecule has 1 fully saturated rings. The van der Waals surface area contributed by atoms with Crippen molar-refractivity contribution in [2.24, 2.45) is 23.7 Å². The highest BCUT2D eigenvalue weighted by molar-refractivity contribution is 6.02. The average Bonchev–Trinajstić information content (AvgIpc) is 3.45. The number of rotatable bonds is 11. The Morgan fingerprint density at radius 1 is 0.569 bits per heavy atom. The second kappa shape index (κ2) is 22.2. The maximum Gasteiger partial charge on any atom is 0.257 e. The third-order valence-electron chi connectivity index (χ3n) is 11.7. The van der Waals surface area contributed by atoms with Gasteiger partial charge >= 0.3 is 0 Å². The molecule has 0 radical (unpaired) electrons. The number of nitrogens with zero attached hydrogens (tertiary/aromatic N) is 2. The van der Waals surface area contributed by atoms with Crippen LogP contribution in [0.3, 0.4) is 0 Å². The van der Waals surface area contributed by atoms with E-state index in [1.54, 1.807) is 44.2 Å². The van der Waals surface area contributed by atoms with Crippen molar-refractivity contribution in [1.82, 2.24) is 36.4 Å². The van der Waals surface area contributed by atoms with Crippen LogP contribution in [0.15, 0.2) is 84.9 Å². The number of hydrogen-bond acceptors (Lipinski definition) is 8. The number of nitrogens with one attached hydrogen (secondary N) is 5. The Hall–Kier alpha value is -6.09. The summed E-state index contributed by atoms with van der Waals surface area (Å²) in [5.41, 5.74) is -0.508. The third-order valence-corrected chi connectivity index (χ3v) is 11.7. The highest BCUT2D eigenvalue weighted by atomic mass is 16.3. The zero-order valence-electron chi connectivity index (χ0n) is 38.9. The summed E-state index contributed by atoms with van der Waals surface area (Å²) in [6, 6.07) is 18.8. The van der Waals surface area contributed by atoms with Crippen molar-refractivity contribution in [3.63, 3.8) is 0 Å². The first-order valence-corrected chi connectivity index (χ1v) is 22.8. The summed E-state index contributed by atoms with van der Waals surface area (Å²) >= 11 is 0. The minimum Gasteiger partial charge on any atom is -0.365 e. The Balaban J connectivity index is 1.67. The van der Waals surface area contributed by atoms with Crippen LogP contribution in [-0.4, -0.2) is 99.6 Å². The number of β-amino-alcohol motifs (C(OH)–C–C–N with tert-alkyl or cyclic N) is 1. The van der Waals surface area contributed by atoms with E-state index in [1.807, 2.05) is 90.1 Å². The van der Waals surface area contributed by atoms with E-state index in [2.05, 4.69) is 26.6 Å². The number of fused-ring (bicyclic) bond motifs is 3. The van der Waals surface area contributed by atoms with E-state index in [-0.39, 0.29) is 61.1 Å². The van der Waals surface area contributed by atoms with E-state index in [1.165, 1.54) is 11.0 Å². The van der Waals surface area contributed by atoms with Crippen molar-refractivity contribution in [3.8, 4) is 0 Å². The van der Waals surface area contributed by atoms with Gasteiger partial charge in [0.05, 0.1) is 6.54 Å². The van der Waals surface area contributed by atoms with Crippen LogP contribution < -0.4 is 26.6 Å². The predicted molar refractivity (Wildman–Crippen MR) is 246 cm³/mol. The zero-order valence-corrected chi connectivity index (χ0v) is 38.9. The molecule has 65 heavy (non-hydrogen) atoms. The smallest absolute Gasteiger partial charge is 0.257 e. The van der Waals surface area contributed by atoms with Crippen LogP contribution in [0, 0.1) is 23.7 Å². The molecule has 0 bridgehead atoms. The van der Waals surface area contributed by atoms with E-state index in [0.717, 1.165) is 10.5 Å². The largest absolute Gasteiger partial charge is 0.365 e. The molecule has 0 aliphatic carbocycles. The first-order valence-electron chi connectivity index (χ1n) is 22.8. The normalized spacial score (nSPS) is 24.3. The number of carbonyl (C=O) groups is 7. The highest BCUT2D eigenvalue weighted by Gasteiger charge is 2.51. The van der Waals surface area contributed by atoms with E-state index in [9.17, 15) is 33.9 Å². The van der Waals surface area contributed by atoms with Crippen molar-refractivity contribution in [3.05, 3.63) is 107 Å². The monoisotopic (exact) mass is 894 g/mol.